The van der Waals surface area contributed by atoms with Gasteiger partial charge in [-0.15, -0.1) is 0 Å². The molecule has 1 saturated heterocycles. The van der Waals surface area contributed by atoms with E-state index in [-0.39, 0.29) is 0 Å². The SMILES string of the molecule is COCCC1(C(=O)O)CCN(Cc2c(C)cc(C#N)cc2C)CC1. The summed E-state index contributed by atoms with van der Waals surface area (Å²) >= 11 is 0. The molecule has 1 aromatic rings. The first kappa shape index (κ1) is 18.4. The van der Waals surface area contributed by atoms with Crippen LogP contribution in [0.2, 0.25) is 0 Å². The normalized spacial score (nSPS) is 17.4. The van der Waals surface area contributed by atoms with E-state index in [0.717, 1.165) is 30.8 Å². The van der Waals surface area contributed by atoms with Crippen LogP contribution in [-0.4, -0.2) is 42.8 Å². The lowest BCUT2D eigenvalue weighted by Gasteiger charge is -2.39. The van der Waals surface area contributed by atoms with Gasteiger partial charge in [-0.2, -0.15) is 5.26 Å². The van der Waals surface area contributed by atoms with E-state index in [1.54, 1.807) is 7.11 Å². The third-order valence-corrected chi connectivity index (χ3v) is 5.26. The number of carboxylic acid groups (broad SMARTS) is 1. The summed E-state index contributed by atoms with van der Waals surface area (Å²) in [6.45, 7) is 6.91. The number of hydrogen-bond acceptors (Lipinski definition) is 4. The standard InChI is InChI=1S/C19H26N2O3/c1-14-10-16(12-20)11-15(2)17(14)13-21-7-4-19(5-8-21,18(22)23)6-9-24-3/h10-11H,4-9,13H2,1-3H3,(H,22,23). The molecule has 0 unspecified atom stereocenters. The number of piperidine rings is 1. The second kappa shape index (κ2) is 7.78. The molecule has 0 radical (unpaired) electrons. The maximum absolute atomic E-state index is 11.7. The maximum Gasteiger partial charge on any atom is 0.309 e. The molecular weight excluding hydrogens is 304 g/mol. The van der Waals surface area contributed by atoms with Gasteiger partial charge in [0.2, 0.25) is 0 Å². The van der Waals surface area contributed by atoms with Gasteiger partial charge in [-0.25, -0.2) is 0 Å². The summed E-state index contributed by atoms with van der Waals surface area (Å²) in [5, 5.41) is 18.7. The molecule has 130 valence electrons. The number of nitrogens with zero attached hydrogens (tertiary/aromatic N) is 2. The summed E-state index contributed by atoms with van der Waals surface area (Å²) in [5.41, 5.74) is 3.54. The number of methoxy groups -OCH3 is 1. The summed E-state index contributed by atoms with van der Waals surface area (Å²) < 4.78 is 5.09. The van der Waals surface area contributed by atoms with Crippen molar-refractivity contribution in [3.63, 3.8) is 0 Å². The molecule has 1 fully saturated rings. The smallest absolute Gasteiger partial charge is 0.309 e. The van der Waals surface area contributed by atoms with Crippen LogP contribution in [0.4, 0.5) is 0 Å². The fourth-order valence-corrected chi connectivity index (χ4v) is 3.54. The Hall–Kier alpha value is -1.90. The van der Waals surface area contributed by atoms with Gasteiger partial charge < -0.3 is 9.84 Å². The van der Waals surface area contributed by atoms with Crippen LogP contribution in [0.3, 0.4) is 0 Å². The largest absolute Gasteiger partial charge is 0.481 e. The van der Waals surface area contributed by atoms with Gasteiger partial charge >= 0.3 is 5.97 Å². The molecule has 5 heteroatoms. The lowest BCUT2D eigenvalue weighted by Crippen LogP contribution is -2.44. The molecule has 5 nitrogen and oxygen atoms in total. The quantitative estimate of drug-likeness (QED) is 0.868. The number of aliphatic carboxylic acids is 1. The van der Waals surface area contributed by atoms with Crippen LogP contribution in [0.25, 0.3) is 0 Å². The van der Waals surface area contributed by atoms with Crippen molar-refractivity contribution in [2.45, 2.75) is 39.7 Å². The lowest BCUT2D eigenvalue weighted by molar-refractivity contribution is -0.153. The molecule has 0 aliphatic carbocycles. The van der Waals surface area contributed by atoms with E-state index in [9.17, 15) is 9.90 Å². The van der Waals surface area contributed by atoms with Gasteiger partial charge in [0, 0.05) is 20.3 Å². The van der Waals surface area contributed by atoms with Crippen LogP contribution in [-0.2, 0) is 16.1 Å². The molecule has 0 aromatic heterocycles. The Bertz CT molecular complexity index is 617. The minimum absolute atomic E-state index is 0.486. The highest BCUT2D eigenvalue weighted by molar-refractivity contribution is 5.74. The van der Waals surface area contributed by atoms with E-state index >= 15 is 0 Å². The number of nitriles is 1. The van der Waals surface area contributed by atoms with Crippen molar-refractivity contribution in [3.05, 3.63) is 34.4 Å². The van der Waals surface area contributed by atoms with Crippen molar-refractivity contribution >= 4 is 5.97 Å². The van der Waals surface area contributed by atoms with Crippen molar-refractivity contribution in [1.82, 2.24) is 4.90 Å². The molecule has 0 bridgehead atoms. The molecule has 24 heavy (non-hydrogen) atoms. The average Bonchev–Trinajstić information content (AvgIpc) is 2.57. The Balaban J connectivity index is 2.05. The van der Waals surface area contributed by atoms with Crippen molar-refractivity contribution in [2.75, 3.05) is 26.8 Å². The van der Waals surface area contributed by atoms with E-state index < -0.39 is 11.4 Å². The molecule has 1 aromatic carbocycles. The molecule has 0 atom stereocenters. The first-order chi connectivity index (χ1) is 11.4. The van der Waals surface area contributed by atoms with Crippen LogP contribution in [0.1, 0.15) is 41.5 Å². The van der Waals surface area contributed by atoms with E-state index in [2.05, 4.69) is 11.0 Å². The Labute approximate surface area is 143 Å². The molecule has 0 amide bonds. The molecule has 0 saturated carbocycles. The highest BCUT2D eigenvalue weighted by Crippen LogP contribution is 2.36. The summed E-state index contributed by atoms with van der Waals surface area (Å²) in [5.74, 6) is -0.704. The van der Waals surface area contributed by atoms with Gasteiger partial charge in [0.25, 0.3) is 0 Å². The predicted molar refractivity (Wildman–Crippen MR) is 91.7 cm³/mol. The third-order valence-electron chi connectivity index (χ3n) is 5.26. The zero-order chi connectivity index (χ0) is 17.7. The second-order valence-corrected chi connectivity index (χ2v) is 6.80. The monoisotopic (exact) mass is 330 g/mol. The first-order valence-electron chi connectivity index (χ1n) is 8.37. The molecule has 1 aliphatic heterocycles. The molecular formula is C19H26N2O3. The minimum Gasteiger partial charge on any atom is -0.481 e. The topological polar surface area (TPSA) is 73.6 Å². The molecule has 1 heterocycles. The number of carboxylic acids is 1. The summed E-state index contributed by atoms with van der Waals surface area (Å²) in [4.78, 5) is 14.0. The molecule has 2 rings (SSSR count). The number of hydrogen-bond donors (Lipinski definition) is 1. The second-order valence-electron chi connectivity index (χ2n) is 6.80. The summed E-state index contributed by atoms with van der Waals surface area (Å²) in [6, 6.07) is 6.04. The zero-order valence-electron chi connectivity index (χ0n) is 14.8. The molecule has 1 N–H and O–H groups in total. The van der Waals surface area contributed by atoms with Gasteiger partial charge in [-0.3, -0.25) is 9.69 Å². The van der Waals surface area contributed by atoms with Crippen molar-refractivity contribution in [1.29, 1.82) is 5.26 Å². The zero-order valence-corrected chi connectivity index (χ0v) is 14.8. The van der Waals surface area contributed by atoms with Gasteiger partial charge in [0.05, 0.1) is 17.0 Å². The fraction of sp³-hybridized carbons (Fsp3) is 0.579. The highest BCUT2D eigenvalue weighted by Gasteiger charge is 2.41. The Kier molecular flexibility index (Phi) is 5.98. The Morgan fingerprint density at radius 1 is 1.33 bits per heavy atom. The van der Waals surface area contributed by atoms with Gasteiger partial charge in [-0.05, 0) is 75.0 Å². The molecule has 0 spiro atoms. The highest BCUT2D eigenvalue weighted by atomic mass is 16.5. The lowest BCUT2D eigenvalue weighted by atomic mass is 9.76. The number of benzene rings is 1. The van der Waals surface area contributed by atoms with Crippen LogP contribution in [0.15, 0.2) is 12.1 Å². The third kappa shape index (κ3) is 3.95. The summed E-state index contributed by atoms with van der Waals surface area (Å²) in [6.07, 6.45) is 1.88. The number of rotatable bonds is 6. The number of carbonyl (C=O) groups is 1. The predicted octanol–water partition coefficient (Wildman–Crippen LogP) is 2.88. The van der Waals surface area contributed by atoms with Crippen LogP contribution < -0.4 is 0 Å². The van der Waals surface area contributed by atoms with Crippen molar-refractivity contribution in [2.24, 2.45) is 5.41 Å². The number of likely N-dealkylation sites (tertiary alicyclic amines) is 1. The van der Waals surface area contributed by atoms with E-state index in [0.29, 0.717) is 31.4 Å². The molecule has 1 aliphatic rings. The number of aryl methyl sites for hydroxylation is 2. The first-order valence-corrected chi connectivity index (χ1v) is 8.37. The van der Waals surface area contributed by atoms with Crippen molar-refractivity contribution < 1.29 is 14.6 Å². The summed E-state index contributed by atoms with van der Waals surface area (Å²) in [7, 11) is 1.61. The van der Waals surface area contributed by atoms with E-state index in [1.807, 2.05) is 26.0 Å². The Morgan fingerprint density at radius 2 is 1.92 bits per heavy atom. The minimum atomic E-state index is -0.704. The van der Waals surface area contributed by atoms with Crippen LogP contribution in [0.5, 0.6) is 0 Å². The van der Waals surface area contributed by atoms with Crippen LogP contribution in [0, 0.1) is 30.6 Å². The van der Waals surface area contributed by atoms with Gasteiger partial charge in [0.15, 0.2) is 0 Å². The maximum atomic E-state index is 11.7. The average molecular weight is 330 g/mol. The van der Waals surface area contributed by atoms with E-state index in [4.69, 9.17) is 10.00 Å². The van der Waals surface area contributed by atoms with E-state index in [1.165, 1.54) is 5.56 Å². The fourth-order valence-electron chi connectivity index (χ4n) is 3.54. The van der Waals surface area contributed by atoms with Gasteiger partial charge in [-0.1, -0.05) is 0 Å². The van der Waals surface area contributed by atoms with Crippen LogP contribution >= 0.6 is 0 Å². The Morgan fingerprint density at radius 3 is 2.38 bits per heavy atom. The van der Waals surface area contributed by atoms with Gasteiger partial charge in [0.1, 0.15) is 0 Å². The number of ether oxygens (including phenoxy) is 1. The van der Waals surface area contributed by atoms with Crippen molar-refractivity contribution in [3.8, 4) is 6.07 Å².